The normalized spacial score (nSPS) is 14.6. The van der Waals surface area contributed by atoms with Crippen LogP contribution in [-0.2, 0) is 4.79 Å². The van der Waals surface area contributed by atoms with Crippen molar-refractivity contribution >= 4 is 16.9 Å². The summed E-state index contributed by atoms with van der Waals surface area (Å²) in [7, 11) is 0. The van der Waals surface area contributed by atoms with Gasteiger partial charge in [-0.25, -0.2) is 4.39 Å². The lowest BCUT2D eigenvalue weighted by atomic mass is 10.4. The van der Waals surface area contributed by atoms with Crippen LogP contribution in [0.5, 0.6) is 0 Å². The molecule has 0 rings (SSSR count). The molecule has 0 aromatic heterocycles. The van der Waals surface area contributed by atoms with E-state index >= 15 is 0 Å². The van der Waals surface area contributed by atoms with Crippen LogP contribution in [0.4, 0.5) is 17.6 Å². The Morgan fingerprint density at radius 2 is 2.00 bits per heavy atom. The lowest BCUT2D eigenvalue weighted by molar-refractivity contribution is -0.180. The molecule has 0 aromatic carbocycles. The summed E-state index contributed by atoms with van der Waals surface area (Å²) in [6.07, 6.45) is -8.40. The van der Waals surface area contributed by atoms with Gasteiger partial charge in [0, 0.05) is 0 Å². The average molecular weight is 190 g/mol. The molecule has 0 saturated carbocycles. The van der Waals surface area contributed by atoms with Gasteiger partial charge >= 0.3 is 6.18 Å². The van der Waals surface area contributed by atoms with E-state index in [1.807, 2.05) is 0 Å². The molecule has 1 nitrogen and oxygen atoms in total. The van der Waals surface area contributed by atoms with Crippen LogP contribution in [0.3, 0.4) is 0 Å². The first-order valence-electron chi connectivity index (χ1n) is 2.77. The van der Waals surface area contributed by atoms with Gasteiger partial charge in [-0.05, 0) is 5.75 Å². The third-order valence-corrected chi connectivity index (χ3v) is 1.56. The molecule has 0 radical (unpaired) electrons. The Kier molecular flexibility index (Phi) is 3.85. The van der Waals surface area contributed by atoms with E-state index in [-0.39, 0.29) is 5.75 Å². The Morgan fingerprint density at radius 3 is 2.27 bits per heavy atom. The highest BCUT2D eigenvalue weighted by Gasteiger charge is 2.45. The Hall–Kier alpha value is -0.260. The maximum absolute atomic E-state index is 12.0. The fourth-order valence-corrected chi connectivity index (χ4v) is 0.914. The second-order valence-corrected chi connectivity index (χ2v) is 2.92. The summed E-state index contributed by atoms with van der Waals surface area (Å²) in [6, 6.07) is 0. The number of carbonyl (C=O) groups is 1. The van der Waals surface area contributed by atoms with Gasteiger partial charge in [0.2, 0.25) is 5.12 Å². The summed E-state index contributed by atoms with van der Waals surface area (Å²) in [5, 5.41) is -1.47. The molecule has 0 N–H and O–H groups in total. The number of thioether (sulfide) groups is 1. The van der Waals surface area contributed by atoms with Crippen molar-refractivity contribution < 1.29 is 22.4 Å². The van der Waals surface area contributed by atoms with Crippen molar-refractivity contribution in [1.29, 1.82) is 0 Å². The van der Waals surface area contributed by atoms with E-state index in [1.165, 1.54) is 6.92 Å². The molecule has 0 aliphatic rings. The smallest absolute Gasteiger partial charge is 0.283 e. The van der Waals surface area contributed by atoms with Gasteiger partial charge in [0.25, 0.3) is 6.17 Å². The Morgan fingerprint density at radius 1 is 1.55 bits per heavy atom. The molecule has 0 amide bonds. The molecular formula is C5H6F4OS. The Labute approximate surface area is 65.1 Å². The summed E-state index contributed by atoms with van der Waals surface area (Å²) in [5.74, 6) is 0.148. The quantitative estimate of drug-likeness (QED) is 0.621. The molecule has 0 bridgehead atoms. The summed E-state index contributed by atoms with van der Waals surface area (Å²) >= 11 is 0.332. The van der Waals surface area contributed by atoms with E-state index in [4.69, 9.17) is 0 Å². The van der Waals surface area contributed by atoms with Crippen LogP contribution in [0.2, 0.25) is 0 Å². The van der Waals surface area contributed by atoms with Crippen molar-refractivity contribution in [2.24, 2.45) is 0 Å². The molecule has 0 aromatic rings. The second kappa shape index (κ2) is 3.94. The highest BCUT2D eigenvalue weighted by atomic mass is 32.2. The molecule has 0 aliphatic heterocycles. The third kappa shape index (κ3) is 3.60. The standard InChI is InChI=1S/C5H6F4OS/c1-2-11-4(10)3(6)5(7,8)9/h3H,2H2,1H3. The van der Waals surface area contributed by atoms with Crippen LogP contribution in [0.1, 0.15) is 6.92 Å². The van der Waals surface area contributed by atoms with Gasteiger partial charge < -0.3 is 0 Å². The minimum atomic E-state index is -5.06. The highest BCUT2D eigenvalue weighted by Crippen LogP contribution is 2.26. The number of rotatable bonds is 2. The SMILES string of the molecule is CCSC(=O)C(F)C(F)(F)F. The van der Waals surface area contributed by atoms with Gasteiger partial charge in [-0.3, -0.25) is 4.79 Å². The Bertz CT molecular complexity index is 144. The van der Waals surface area contributed by atoms with Gasteiger partial charge in [-0.15, -0.1) is 0 Å². The van der Waals surface area contributed by atoms with Gasteiger partial charge in [0.15, 0.2) is 0 Å². The van der Waals surface area contributed by atoms with Crippen molar-refractivity contribution in [3.05, 3.63) is 0 Å². The molecule has 0 aliphatic carbocycles. The predicted octanol–water partition coefficient (Wildman–Crippen LogP) is 2.17. The van der Waals surface area contributed by atoms with Gasteiger partial charge in [0.1, 0.15) is 0 Å². The van der Waals surface area contributed by atoms with Gasteiger partial charge in [0.05, 0.1) is 0 Å². The van der Waals surface area contributed by atoms with Crippen molar-refractivity contribution in [1.82, 2.24) is 0 Å². The van der Waals surface area contributed by atoms with E-state index in [0.29, 0.717) is 11.8 Å². The fraction of sp³-hybridized carbons (Fsp3) is 0.800. The zero-order valence-corrected chi connectivity index (χ0v) is 6.43. The Balaban J connectivity index is 4.03. The lowest BCUT2D eigenvalue weighted by Crippen LogP contribution is -2.30. The van der Waals surface area contributed by atoms with Crippen LogP contribution in [0.15, 0.2) is 0 Å². The average Bonchev–Trinajstić information content (AvgIpc) is 1.85. The molecule has 0 heterocycles. The minimum Gasteiger partial charge on any atom is -0.283 e. The molecule has 1 unspecified atom stereocenters. The van der Waals surface area contributed by atoms with E-state index in [2.05, 4.69) is 0 Å². The molecule has 11 heavy (non-hydrogen) atoms. The van der Waals surface area contributed by atoms with E-state index in [9.17, 15) is 22.4 Å². The minimum absolute atomic E-state index is 0.148. The van der Waals surface area contributed by atoms with Crippen molar-refractivity contribution in [3.63, 3.8) is 0 Å². The zero-order valence-electron chi connectivity index (χ0n) is 5.61. The second-order valence-electron chi connectivity index (χ2n) is 1.66. The van der Waals surface area contributed by atoms with Gasteiger partial charge in [-0.2, -0.15) is 13.2 Å². The number of carbonyl (C=O) groups excluding carboxylic acids is 1. The fourth-order valence-electron chi connectivity index (χ4n) is 0.349. The zero-order chi connectivity index (χ0) is 9.07. The molecule has 0 fully saturated rings. The number of hydrogen-bond donors (Lipinski definition) is 0. The topological polar surface area (TPSA) is 17.1 Å². The summed E-state index contributed by atoms with van der Waals surface area (Å²) in [6.45, 7) is 1.48. The summed E-state index contributed by atoms with van der Waals surface area (Å²) < 4.78 is 46.2. The lowest BCUT2D eigenvalue weighted by Gasteiger charge is -2.09. The first-order chi connectivity index (χ1) is 4.89. The maximum atomic E-state index is 12.0. The van der Waals surface area contributed by atoms with E-state index in [0.717, 1.165) is 0 Å². The number of alkyl halides is 4. The predicted molar refractivity (Wildman–Crippen MR) is 34.1 cm³/mol. The number of halogens is 4. The molecule has 6 heteroatoms. The number of hydrogen-bond acceptors (Lipinski definition) is 2. The van der Waals surface area contributed by atoms with Crippen LogP contribution < -0.4 is 0 Å². The third-order valence-electron chi connectivity index (χ3n) is 0.781. The summed E-state index contributed by atoms with van der Waals surface area (Å²) in [5.41, 5.74) is 0. The summed E-state index contributed by atoms with van der Waals surface area (Å²) in [4.78, 5) is 10.3. The van der Waals surface area contributed by atoms with Gasteiger partial charge in [-0.1, -0.05) is 18.7 Å². The molecule has 0 spiro atoms. The van der Waals surface area contributed by atoms with E-state index < -0.39 is 17.5 Å². The van der Waals surface area contributed by atoms with E-state index in [1.54, 1.807) is 0 Å². The van der Waals surface area contributed by atoms with Crippen molar-refractivity contribution in [2.75, 3.05) is 5.75 Å². The first kappa shape index (κ1) is 10.7. The maximum Gasteiger partial charge on any atom is 0.427 e. The largest absolute Gasteiger partial charge is 0.427 e. The van der Waals surface area contributed by atoms with Crippen LogP contribution in [0, 0.1) is 0 Å². The molecule has 66 valence electrons. The highest BCUT2D eigenvalue weighted by molar-refractivity contribution is 8.13. The van der Waals surface area contributed by atoms with Crippen molar-refractivity contribution in [3.8, 4) is 0 Å². The first-order valence-corrected chi connectivity index (χ1v) is 3.75. The van der Waals surface area contributed by atoms with Crippen LogP contribution in [0.25, 0.3) is 0 Å². The van der Waals surface area contributed by atoms with Crippen LogP contribution in [-0.4, -0.2) is 23.2 Å². The van der Waals surface area contributed by atoms with Crippen LogP contribution >= 0.6 is 11.8 Å². The molecule has 0 saturated heterocycles. The monoisotopic (exact) mass is 190 g/mol. The molecular weight excluding hydrogens is 184 g/mol. The molecule has 1 atom stereocenters. The van der Waals surface area contributed by atoms with Crippen molar-refractivity contribution in [2.45, 2.75) is 19.3 Å².